The van der Waals surface area contributed by atoms with Crippen molar-refractivity contribution in [1.82, 2.24) is 14.8 Å². The Morgan fingerprint density at radius 2 is 1.96 bits per heavy atom. The first kappa shape index (κ1) is 17.1. The summed E-state index contributed by atoms with van der Waals surface area (Å²) < 4.78 is 40.5. The summed E-state index contributed by atoms with van der Waals surface area (Å²) >= 11 is 1.59. The molecular weight excluding hydrogens is 361 g/mol. The third-order valence-corrected chi connectivity index (χ3v) is 5.37. The van der Waals surface area contributed by atoms with Crippen LogP contribution in [0.3, 0.4) is 0 Å². The number of anilines is 1. The number of nitrogens with zero attached hydrogens (tertiary/aromatic N) is 3. The van der Waals surface area contributed by atoms with E-state index in [2.05, 4.69) is 15.4 Å². The van der Waals surface area contributed by atoms with Gasteiger partial charge in [0.25, 0.3) is 0 Å². The lowest BCUT2D eigenvalue weighted by Crippen LogP contribution is -2.07. The fraction of sp³-hybridized carbons (Fsp3) is 0.333. The summed E-state index contributed by atoms with van der Waals surface area (Å²) in [5, 5.41) is 7.11. The Kier molecular flexibility index (Phi) is 4.22. The van der Waals surface area contributed by atoms with Crippen molar-refractivity contribution in [3.8, 4) is 5.69 Å². The number of aryl methyl sites for hydroxylation is 1. The van der Waals surface area contributed by atoms with E-state index in [-0.39, 0.29) is 5.92 Å². The molecule has 0 bridgehead atoms. The summed E-state index contributed by atoms with van der Waals surface area (Å²) in [7, 11) is 0. The first-order valence-electron chi connectivity index (χ1n) is 8.32. The number of halogens is 3. The summed E-state index contributed by atoms with van der Waals surface area (Å²) in [5.74, 6) is 0.172. The van der Waals surface area contributed by atoms with Gasteiger partial charge >= 0.3 is 6.18 Å². The minimum atomic E-state index is -4.43. The van der Waals surface area contributed by atoms with Crippen LogP contribution >= 0.6 is 11.3 Å². The highest BCUT2D eigenvalue weighted by Gasteiger charge is 2.38. The van der Waals surface area contributed by atoms with Gasteiger partial charge in [-0.1, -0.05) is 0 Å². The highest BCUT2D eigenvalue weighted by Crippen LogP contribution is 2.43. The Hall–Kier alpha value is -2.35. The molecule has 0 radical (unpaired) electrons. The van der Waals surface area contributed by atoms with Gasteiger partial charge in [0.05, 0.1) is 23.4 Å². The Morgan fingerprint density at radius 1 is 1.23 bits per heavy atom. The first-order valence-corrected chi connectivity index (χ1v) is 9.20. The predicted molar refractivity (Wildman–Crippen MR) is 94.7 cm³/mol. The number of nitrogens with one attached hydrogen (secondary N) is 1. The monoisotopic (exact) mass is 378 g/mol. The third kappa shape index (κ3) is 3.46. The quantitative estimate of drug-likeness (QED) is 0.668. The van der Waals surface area contributed by atoms with E-state index in [1.165, 1.54) is 10.7 Å². The first-order chi connectivity index (χ1) is 12.4. The molecule has 0 saturated heterocycles. The van der Waals surface area contributed by atoms with E-state index in [0.29, 0.717) is 17.9 Å². The maximum Gasteiger partial charge on any atom is 0.435 e. The van der Waals surface area contributed by atoms with Crippen LogP contribution in [0.1, 0.15) is 40.7 Å². The Morgan fingerprint density at radius 3 is 2.54 bits per heavy atom. The van der Waals surface area contributed by atoms with E-state index in [1.807, 2.05) is 24.6 Å². The molecule has 2 heterocycles. The molecule has 1 aliphatic carbocycles. The van der Waals surface area contributed by atoms with Gasteiger partial charge in [-0.2, -0.15) is 18.3 Å². The van der Waals surface area contributed by atoms with Gasteiger partial charge in [-0.3, -0.25) is 0 Å². The molecule has 3 aromatic rings. The summed E-state index contributed by atoms with van der Waals surface area (Å²) in [6, 6.07) is 8.48. The van der Waals surface area contributed by atoms with Gasteiger partial charge in [-0.05, 0) is 50.1 Å². The van der Waals surface area contributed by atoms with Gasteiger partial charge in [-0.15, -0.1) is 11.3 Å². The van der Waals surface area contributed by atoms with Crippen molar-refractivity contribution < 1.29 is 13.2 Å². The van der Waals surface area contributed by atoms with E-state index in [4.69, 9.17) is 0 Å². The van der Waals surface area contributed by atoms with Crippen molar-refractivity contribution in [3.63, 3.8) is 0 Å². The molecule has 1 saturated carbocycles. The topological polar surface area (TPSA) is 42.7 Å². The number of aromatic nitrogens is 3. The van der Waals surface area contributed by atoms with Crippen molar-refractivity contribution in [2.24, 2.45) is 0 Å². The summed E-state index contributed by atoms with van der Waals surface area (Å²) in [5.41, 5.74) is 4.16. The van der Waals surface area contributed by atoms with Crippen LogP contribution in [-0.4, -0.2) is 14.8 Å². The minimum absolute atomic E-state index is 0.172. The standard InChI is InChI=1S/C18H17F3N4S/c1-11-16(26-10-23-11)9-22-13-4-6-14(7-5-13)25-15(12-2-3-12)8-17(24-25)18(19,20)21/h4-8,10,12,22H,2-3,9H2,1H3. The lowest BCUT2D eigenvalue weighted by molar-refractivity contribution is -0.141. The fourth-order valence-electron chi connectivity index (χ4n) is 2.81. The van der Waals surface area contributed by atoms with Gasteiger partial charge in [0.2, 0.25) is 0 Å². The van der Waals surface area contributed by atoms with Crippen LogP contribution in [0.4, 0.5) is 18.9 Å². The zero-order valence-electron chi connectivity index (χ0n) is 14.0. The van der Waals surface area contributed by atoms with Crippen LogP contribution in [0.15, 0.2) is 35.8 Å². The molecule has 4 nitrogen and oxygen atoms in total. The van der Waals surface area contributed by atoms with Crippen LogP contribution in [0.25, 0.3) is 5.69 Å². The number of rotatable bonds is 5. The fourth-order valence-corrected chi connectivity index (χ4v) is 3.53. The van der Waals surface area contributed by atoms with Crippen LogP contribution in [-0.2, 0) is 12.7 Å². The minimum Gasteiger partial charge on any atom is -0.380 e. The van der Waals surface area contributed by atoms with Gasteiger partial charge in [0.15, 0.2) is 5.69 Å². The molecule has 26 heavy (non-hydrogen) atoms. The molecule has 0 spiro atoms. The third-order valence-electron chi connectivity index (χ3n) is 4.43. The average molecular weight is 378 g/mol. The highest BCUT2D eigenvalue weighted by atomic mass is 32.1. The normalized spacial score (nSPS) is 14.6. The van der Waals surface area contributed by atoms with E-state index < -0.39 is 11.9 Å². The number of thiazole rings is 1. The molecule has 4 rings (SSSR count). The highest BCUT2D eigenvalue weighted by molar-refractivity contribution is 7.09. The van der Waals surface area contributed by atoms with Crippen LogP contribution < -0.4 is 5.32 Å². The molecule has 2 aromatic heterocycles. The van der Waals surface area contributed by atoms with Crippen LogP contribution in [0, 0.1) is 6.92 Å². The van der Waals surface area contributed by atoms with Crippen molar-refractivity contribution in [2.75, 3.05) is 5.32 Å². The van der Waals surface area contributed by atoms with E-state index in [9.17, 15) is 13.2 Å². The molecule has 0 unspecified atom stereocenters. The molecule has 0 aliphatic heterocycles. The van der Waals surface area contributed by atoms with Crippen molar-refractivity contribution in [3.05, 3.63) is 57.8 Å². The molecule has 1 aliphatic rings. The molecule has 136 valence electrons. The van der Waals surface area contributed by atoms with E-state index in [1.54, 1.807) is 23.5 Å². The number of benzene rings is 1. The average Bonchev–Trinajstić information content (AvgIpc) is 3.20. The van der Waals surface area contributed by atoms with Gasteiger partial charge in [-0.25, -0.2) is 9.67 Å². The second-order valence-corrected chi connectivity index (χ2v) is 7.34. The summed E-state index contributed by atoms with van der Waals surface area (Å²) in [6.07, 6.45) is -2.60. The van der Waals surface area contributed by atoms with Crippen molar-refractivity contribution in [1.29, 1.82) is 0 Å². The number of alkyl halides is 3. The number of hydrogen-bond donors (Lipinski definition) is 1. The Bertz CT molecular complexity index is 907. The number of hydrogen-bond acceptors (Lipinski definition) is 4. The van der Waals surface area contributed by atoms with Gasteiger partial charge < -0.3 is 5.32 Å². The Balaban J connectivity index is 1.55. The molecule has 1 fully saturated rings. The zero-order chi connectivity index (χ0) is 18.3. The summed E-state index contributed by atoms with van der Waals surface area (Å²) in [6.45, 7) is 2.63. The maximum atomic E-state index is 13.0. The predicted octanol–water partition coefficient (Wildman–Crippen LogP) is 5.15. The van der Waals surface area contributed by atoms with Crippen LogP contribution in [0.5, 0.6) is 0 Å². The van der Waals surface area contributed by atoms with E-state index >= 15 is 0 Å². The van der Waals surface area contributed by atoms with E-state index in [0.717, 1.165) is 29.1 Å². The van der Waals surface area contributed by atoms with Crippen molar-refractivity contribution >= 4 is 17.0 Å². The smallest absolute Gasteiger partial charge is 0.380 e. The molecule has 0 atom stereocenters. The second-order valence-electron chi connectivity index (χ2n) is 6.40. The zero-order valence-corrected chi connectivity index (χ0v) is 14.9. The maximum absolute atomic E-state index is 13.0. The molecule has 1 aromatic carbocycles. The second kappa shape index (κ2) is 6.42. The lowest BCUT2D eigenvalue weighted by Gasteiger charge is -2.09. The molecule has 0 amide bonds. The summed E-state index contributed by atoms with van der Waals surface area (Å²) in [4.78, 5) is 5.37. The largest absolute Gasteiger partial charge is 0.435 e. The SMILES string of the molecule is Cc1ncsc1CNc1ccc(-n2nc(C(F)(F)F)cc2C2CC2)cc1. The lowest BCUT2D eigenvalue weighted by atomic mass is 10.2. The van der Waals surface area contributed by atoms with Gasteiger partial charge in [0, 0.05) is 22.2 Å². The molecule has 1 N–H and O–H groups in total. The van der Waals surface area contributed by atoms with Gasteiger partial charge in [0.1, 0.15) is 0 Å². The molecular formula is C18H17F3N4S. The Labute approximate surface area is 152 Å². The van der Waals surface area contributed by atoms with Crippen LogP contribution in [0.2, 0.25) is 0 Å². The molecule has 8 heteroatoms. The van der Waals surface area contributed by atoms with Crippen molar-refractivity contribution in [2.45, 2.75) is 38.4 Å².